The molecule has 0 bridgehead atoms. The van der Waals surface area contributed by atoms with Gasteiger partial charge in [0.05, 0.1) is 0 Å². The Morgan fingerprint density at radius 2 is 1.64 bits per heavy atom. The summed E-state index contributed by atoms with van der Waals surface area (Å²) in [7, 11) is 0. The predicted molar refractivity (Wildman–Crippen MR) is 104 cm³/mol. The molecule has 1 aromatic rings. The van der Waals surface area contributed by atoms with Crippen LogP contribution in [0, 0.1) is 12.8 Å². The fourth-order valence-corrected chi connectivity index (χ4v) is 4.03. The Kier molecular flexibility index (Phi) is 4.97. The Labute approximate surface area is 165 Å². The summed E-state index contributed by atoms with van der Waals surface area (Å²) < 4.78 is 0. The van der Waals surface area contributed by atoms with Gasteiger partial charge in [-0.3, -0.25) is 24.3 Å². The fourth-order valence-electron chi connectivity index (χ4n) is 4.03. The van der Waals surface area contributed by atoms with Gasteiger partial charge in [-0.1, -0.05) is 24.6 Å². The third-order valence-electron chi connectivity index (χ3n) is 5.93. The number of rotatable bonds is 3. The predicted octanol–water partition coefficient (Wildman–Crippen LogP) is 0.533. The number of hydrogen-bond donors (Lipinski definition) is 1. The van der Waals surface area contributed by atoms with E-state index in [-0.39, 0.29) is 12.5 Å². The highest BCUT2D eigenvalue weighted by atomic mass is 16.2. The van der Waals surface area contributed by atoms with Gasteiger partial charge in [0.15, 0.2) is 6.29 Å². The van der Waals surface area contributed by atoms with Crippen LogP contribution in [-0.4, -0.2) is 71.5 Å². The van der Waals surface area contributed by atoms with Gasteiger partial charge in [0, 0.05) is 31.9 Å². The van der Waals surface area contributed by atoms with Crippen LogP contribution in [0.15, 0.2) is 24.3 Å². The minimum absolute atomic E-state index is 0.117. The number of amides is 3. The van der Waals surface area contributed by atoms with Crippen LogP contribution < -0.4 is 10.3 Å². The lowest BCUT2D eigenvalue weighted by atomic mass is 9.99. The maximum Gasteiger partial charge on any atom is 0.326 e. The van der Waals surface area contributed by atoms with E-state index in [4.69, 9.17) is 0 Å². The number of fused-ring (bicyclic) bond motifs is 1. The molecule has 1 N–H and O–H groups in total. The Morgan fingerprint density at radius 1 is 1.00 bits per heavy atom. The van der Waals surface area contributed by atoms with Crippen LogP contribution in [0.25, 0.3) is 0 Å². The second kappa shape index (κ2) is 7.43. The number of likely N-dealkylation sites (tertiary alicyclic amines) is 1. The average Bonchev–Trinajstić information content (AvgIpc) is 3.11. The van der Waals surface area contributed by atoms with Crippen molar-refractivity contribution in [3.63, 3.8) is 0 Å². The lowest BCUT2D eigenvalue weighted by Crippen LogP contribution is -2.68. The molecule has 8 heteroatoms. The highest BCUT2D eigenvalue weighted by Crippen LogP contribution is 2.25. The molecule has 3 amide bonds. The van der Waals surface area contributed by atoms with Crippen molar-refractivity contribution in [2.45, 2.75) is 33.0 Å². The molecule has 1 aromatic carbocycles. The molecule has 3 heterocycles. The Bertz CT molecular complexity index is 773. The maximum atomic E-state index is 12.7. The first kappa shape index (κ1) is 18.7. The fraction of sp³-hybridized carbons (Fsp3) is 0.550. The van der Waals surface area contributed by atoms with Crippen molar-refractivity contribution < 1.29 is 14.4 Å². The minimum Gasteiger partial charge on any atom is -0.341 e. The topological polar surface area (TPSA) is 76.2 Å². The number of carbonyl (C=O) groups is 3. The van der Waals surface area contributed by atoms with E-state index < -0.39 is 18.1 Å². The second-order valence-electron chi connectivity index (χ2n) is 7.98. The molecule has 0 aliphatic carbocycles. The summed E-state index contributed by atoms with van der Waals surface area (Å²) in [5, 5.41) is 1.19. The molecule has 1 atom stereocenters. The third-order valence-corrected chi connectivity index (χ3v) is 5.93. The number of nitrogens with zero attached hydrogens (tertiary/aromatic N) is 4. The van der Waals surface area contributed by atoms with E-state index in [1.165, 1.54) is 9.91 Å². The number of nitrogens with one attached hydrogen (secondary N) is 1. The molecule has 3 fully saturated rings. The van der Waals surface area contributed by atoms with E-state index in [0.29, 0.717) is 32.1 Å². The van der Waals surface area contributed by atoms with Gasteiger partial charge in [0.1, 0.15) is 6.54 Å². The molecule has 3 aliphatic rings. The normalized spacial score (nSPS) is 23.4. The molecule has 0 radical (unpaired) electrons. The third kappa shape index (κ3) is 3.44. The molecule has 1 unspecified atom stereocenters. The van der Waals surface area contributed by atoms with E-state index in [1.54, 1.807) is 4.90 Å². The summed E-state index contributed by atoms with van der Waals surface area (Å²) in [4.78, 5) is 43.1. The van der Waals surface area contributed by atoms with Gasteiger partial charge in [-0.2, -0.15) is 5.43 Å². The van der Waals surface area contributed by atoms with Crippen LogP contribution in [0.2, 0.25) is 0 Å². The zero-order valence-corrected chi connectivity index (χ0v) is 16.4. The molecular weight excluding hydrogens is 358 g/mol. The van der Waals surface area contributed by atoms with Crippen LogP contribution >= 0.6 is 0 Å². The van der Waals surface area contributed by atoms with Crippen molar-refractivity contribution in [2.24, 2.45) is 5.92 Å². The average molecular weight is 385 g/mol. The van der Waals surface area contributed by atoms with Gasteiger partial charge in [0.2, 0.25) is 5.91 Å². The van der Waals surface area contributed by atoms with Crippen molar-refractivity contribution in [2.75, 3.05) is 37.6 Å². The van der Waals surface area contributed by atoms with Crippen molar-refractivity contribution in [3.05, 3.63) is 29.8 Å². The number of hydrogen-bond acceptors (Lipinski definition) is 5. The number of piperidine rings is 1. The lowest BCUT2D eigenvalue weighted by molar-refractivity contribution is -0.164. The van der Waals surface area contributed by atoms with Gasteiger partial charge in [0.25, 0.3) is 0 Å². The number of hydrazine groups is 1. The molecule has 150 valence electrons. The minimum atomic E-state index is -0.666. The Morgan fingerprint density at radius 3 is 2.32 bits per heavy atom. The van der Waals surface area contributed by atoms with Crippen LogP contribution in [-0.2, 0) is 14.4 Å². The quantitative estimate of drug-likeness (QED) is 0.769. The summed E-state index contributed by atoms with van der Waals surface area (Å²) in [5.41, 5.74) is 5.24. The summed E-state index contributed by atoms with van der Waals surface area (Å²) in [6.45, 7) is 6.61. The van der Waals surface area contributed by atoms with Gasteiger partial charge in [-0.05, 0) is 37.8 Å². The number of aryl methyl sites for hydroxylation is 1. The van der Waals surface area contributed by atoms with Gasteiger partial charge in [-0.25, -0.2) is 0 Å². The lowest BCUT2D eigenvalue weighted by Gasteiger charge is -2.41. The molecule has 0 aromatic heterocycles. The van der Waals surface area contributed by atoms with E-state index >= 15 is 0 Å². The van der Waals surface area contributed by atoms with E-state index in [0.717, 1.165) is 24.1 Å². The Hall–Kier alpha value is -2.61. The molecule has 0 saturated carbocycles. The first-order chi connectivity index (χ1) is 13.4. The highest BCUT2D eigenvalue weighted by molar-refractivity contribution is 6.35. The summed E-state index contributed by atoms with van der Waals surface area (Å²) in [5.74, 6) is -0.719. The summed E-state index contributed by atoms with van der Waals surface area (Å²) in [6, 6.07) is 8.05. The summed E-state index contributed by atoms with van der Waals surface area (Å²) in [6.07, 6.45) is 1.50. The molecule has 4 rings (SSSR count). The SMILES string of the molecule is Cc1ccc(N2CCN3C(=O)C(=O)N(CC(=O)N4CCC(C)CC4)NC32)cc1. The zero-order valence-electron chi connectivity index (χ0n) is 16.4. The van der Waals surface area contributed by atoms with E-state index in [9.17, 15) is 14.4 Å². The molecule has 0 spiro atoms. The summed E-state index contributed by atoms with van der Waals surface area (Å²) >= 11 is 0. The monoisotopic (exact) mass is 385 g/mol. The van der Waals surface area contributed by atoms with Crippen LogP contribution in [0.3, 0.4) is 0 Å². The smallest absolute Gasteiger partial charge is 0.326 e. The van der Waals surface area contributed by atoms with Crippen LogP contribution in [0.1, 0.15) is 25.3 Å². The first-order valence-electron chi connectivity index (χ1n) is 9.94. The zero-order chi connectivity index (χ0) is 19.8. The van der Waals surface area contributed by atoms with Crippen molar-refractivity contribution in [1.82, 2.24) is 20.2 Å². The van der Waals surface area contributed by atoms with Gasteiger partial charge < -0.3 is 9.80 Å². The molecular formula is C20H27N5O3. The largest absolute Gasteiger partial charge is 0.341 e. The molecule has 3 aliphatic heterocycles. The molecule has 8 nitrogen and oxygen atoms in total. The van der Waals surface area contributed by atoms with E-state index in [2.05, 4.69) is 12.3 Å². The van der Waals surface area contributed by atoms with Crippen molar-refractivity contribution in [3.8, 4) is 0 Å². The number of benzene rings is 1. The second-order valence-corrected chi connectivity index (χ2v) is 7.98. The van der Waals surface area contributed by atoms with Gasteiger partial charge >= 0.3 is 11.8 Å². The van der Waals surface area contributed by atoms with Crippen molar-refractivity contribution in [1.29, 1.82) is 0 Å². The standard InChI is InChI=1S/C20H27N5O3/c1-14-3-5-16(6-4-14)23-11-12-24-18(27)19(28)25(21-20(23)24)13-17(26)22-9-7-15(2)8-10-22/h3-6,15,20-21H,7-13H2,1-2H3. The van der Waals surface area contributed by atoms with E-state index in [1.807, 2.05) is 36.1 Å². The van der Waals surface area contributed by atoms with Crippen molar-refractivity contribution >= 4 is 23.4 Å². The maximum absolute atomic E-state index is 12.7. The first-order valence-corrected chi connectivity index (χ1v) is 9.94. The van der Waals surface area contributed by atoms with Crippen LogP contribution in [0.5, 0.6) is 0 Å². The molecule has 3 saturated heterocycles. The van der Waals surface area contributed by atoms with Gasteiger partial charge in [-0.15, -0.1) is 0 Å². The molecule has 28 heavy (non-hydrogen) atoms. The number of anilines is 1. The number of carbonyl (C=O) groups excluding carboxylic acids is 3. The Balaban J connectivity index is 1.47. The highest BCUT2D eigenvalue weighted by Gasteiger charge is 2.45. The van der Waals surface area contributed by atoms with Crippen LogP contribution in [0.4, 0.5) is 5.69 Å².